The van der Waals surface area contributed by atoms with E-state index in [1.54, 1.807) is 17.0 Å². The van der Waals surface area contributed by atoms with Crippen LogP contribution < -0.4 is 5.32 Å². The Kier molecular flexibility index (Phi) is 3.20. The zero-order valence-electron chi connectivity index (χ0n) is 10.4. The van der Waals surface area contributed by atoms with Crippen LogP contribution in [0.15, 0.2) is 41.5 Å². The molecule has 0 amide bonds. The van der Waals surface area contributed by atoms with Crippen LogP contribution in [0.1, 0.15) is 6.92 Å². The summed E-state index contributed by atoms with van der Waals surface area (Å²) in [7, 11) is 0. The zero-order valence-corrected chi connectivity index (χ0v) is 11.9. The van der Waals surface area contributed by atoms with E-state index in [1.165, 1.54) is 0 Å². The van der Waals surface area contributed by atoms with E-state index in [0.29, 0.717) is 5.95 Å². The van der Waals surface area contributed by atoms with Crippen LogP contribution in [0, 0.1) is 0 Å². The second kappa shape index (κ2) is 5.00. The van der Waals surface area contributed by atoms with Crippen molar-refractivity contribution in [3.05, 3.63) is 41.5 Å². The molecule has 3 aromatic heterocycles. The van der Waals surface area contributed by atoms with Crippen LogP contribution in [0.3, 0.4) is 0 Å². The molecule has 0 fully saturated rings. The number of hydrogen-bond donors (Lipinski definition) is 1. The lowest BCUT2D eigenvalue weighted by Gasteiger charge is -2.12. The topological polar surface area (TPSA) is 60.0 Å². The van der Waals surface area contributed by atoms with Gasteiger partial charge in [0.2, 0.25) is 5.95 Å². The van der Waals surface area contributed by atoms with Gasteiger partial charge < -0.3 is 9.88 Å². The quantitative estimate of drug-likeness (QED) is 0.800. The second-order valence-electron chi connectivity index (χ2n) is 4.39. The molecule has 1 atom stereocenters. The fourth-order valence-electron chi connectivity index (χ4n) is 1.90. The van der Waals surface area contributed by atoms with Gasteiger partial charge in [0.05, 0.1) is 6.33 Å². The first-order valence-electron chi connectivity index (χ1n) is 5.95. The molecule has 98 valence electrons. The van der Waals surface area contributed by atoms with Gasteiger partial charge >= 0.3 is 0 Å². The average Bonchev–Trinajstić information content (AvgIpc) is 2.97. The minimum Gasteiger partial charge on any atom is -0.349 e. The van der Waals surface area contributed by atoms with E-state index in [2.05, 4.69) is 43.2 Å². The molecule has 7 heteroatoms. The Bertz CT molecular complexity index is 675. The van der Waals surface area contributed by atoms with Crippen molar-refractivity contribution >= 4 is 27.5 Å². The normalized spacial score (nSPS) is 12.7. The van der Waals surface area contributed by atoms with Crippen molar-refractivity contribution in [2.75, 3.05) is 5.32 Å². The van der Waals surface area contributed by atoms with Crippen molar-refractivity contribution in [2.24, 2.45) is 0 Å². The van der Waals surface area contributed by atoms with Crippen molar-refractivity contribution < 1.29 is 0 Å². The average molecular weight is 321 g/mol. The third-order valence-electron chi connectivity index (χ3n) is 2.71. The summed E-state index contributed by atoms with van der Waals surface area (Å²) in [4.78, 5) is 8.44. The number of rotatable bonds is 4. The van der Waals surface area contributed by atoms with Gasteiger partial charge in [0.25, 0.3) is 0 Å². The summed E-state index contributed by atoms with van der Waals surface area (Å²) in [5.74, 6) is 0.630. The lowest BCUT2D eigenvalue weighted by molar-refractivity contribution is 0.614. The predicted octanol–water partition coefficient (Wildman–Crippen LogP) is 2.19. The van der Waals surface area contributed by atoms with E-state index in [9.17, 15) is 0 Å². The smallest absolute Gasteiger partial charge is 0.243 e. The van der Waals surface area contributed by atoms with E-state index < -0.39 is 0 Å². The molecule has 0 spiro atoms. The number of imidazole rings is 1. The van der Waals surface area contributed by atoms with Gasteiger partial charge in [-0.1, -0.05) is 0 Å². The van der Waals surface area contributed by atoms with Gasteiger partial charge in [-0.25, -0.2) is 9.50 Å². The van der Waals surface area contributed by atoms with Crippen molar-refractivity contribution in [3.63, 3.8) is 0 Å². The number of pyridine rings is 1. The number of fused-ring (bicyclic) bond motifs is 1. The first-order valence-corrected chi connectivity index (χ1v) is 6.74. The molecule has 0 saturated carbocycles. The standard InChI is InChI=1S/C12H13BrN6/c1-9(6-18-5-4-14-8-18)15-12-16-11-3-2-10(13)7-19(11)17-12/h2-5,7-9H,6H2,1H3,(H,15,17). The second-order valence-corrected chi connectivity index (χ2v) is 5.31. The maximum absolute atomic E-state index is 4.42. The van der Waals surface area contributed by atoms with Gasteiger partial charge in [0.1, 0.15) is 0 Å². The molecule has 3 aromatic rings. The SMILES string of the molecule is CC(Cn1ccnc1)Nc1nc2ccc(Br)cn2n1. The highest BCUT2D eigenvalue weighted by molar-refractivity contribution is 9.10. The molecule has 0 bridgehead atoms. The van der Waals surface area contributed by atoms with E-state index >= 15 is 0 Å². The van der Waals surface area contributed by atoms with Gasteiger partial charge in [-0.3, -0.25) is 0 Å². The van der Waals surface area contributed by atoms with E-state index in [1.807, 2.05) is 29.1 Å². The monoisotopic (exact) mass is 320 g/mol. The molecule has 19 heavy (non-hydrogen) atoms. The number of aromatic nitrogens is 5. The van der Waals surface area contributed by atoms with Crippen molar-refractivity contribution in [1.82, 2.24) is 24.1 Å². The largest absolute Gasteiger partial charge is 0.349 e. The zero-order chi connectivity index (χ0) is 13.2. The summed E-state index contributed by atoms with van der Waals surface area (Å²) in [5, 5.41) is 7.66. The molecule has 0 saturated heterocycles. The Labute approximate surface area is 118 Å². The van der Waals surface area contributed by atoms with Gasteiger partial charge in [-0.15, -0.1) is 5.10 Å². The molecule has 3 heterocycles. The number of halogens is 1. The molecule has 0 aliphatic rings. The summed E-state index contributed by atoms with van der Waals surface area (Å²) in [6.07, 6.45) is 7.39. The Morgan fingerprint density at radius 3 is 3.11 bits per heavy atom. The third-order valence-corrected chi connectivity index (χ3v) is 3.18. The number of nitrogens with zero attached hydrogens (tertiary/aromatic N) is 5. The fraction of sp³-hybridized carbons (Fsp3) is 0.250. The maximum Gasteiger partial charge on any atom is 0.243 e. The minimum absolute atomic E-state index is 0.218. The van der Waals surface area contributed by atoms with Crippen LogP contribution >= 0.6 is 15.9 Å². The fourth-order valence-corrected chi connectivity index (χ4v) is 2.22. The lowest BCUT2D eigenvalue weighted by atomic mass is 10.3. The van der Waals surface area contributed by atoms with Crippen LogP contribution in [0.4, 0.5) is 5.95 Å². The van der Waals surface area contributed by atoms with Crippen LogP contribution in [-0.4, -0.2) is 30.2 Å². The summed E-state index contributed by atoms with van der Waals surface area (Å²) < 4.78 is 4.74. The van der Waals surface area contributed by atoms with Crippen LogP contribution in [0.25, 0.3) is 5.65 Å². The van der Waals surface area contributed by atoms with Crippen LogP contribution in [0.2, 0.25) is 0 Å². The molecule has 0 radical (unpaired) electrons. The summed E-state index contributed by atoms with van der Waals surface area (Å²) in [6, 6.07) is 4.08. The first-order chi connectivity index (χ1) is 9.20. The Balaban J connectivity index is 1.74. The number of nitrogens with one attached hydrogen (secondary N) is 1. The Hall–Kier alpha value is -1.89. The summed E-state index contributed by atoms with van der Waals surface area (Å²) in [5.41, 5.74) is 0.820. The van der Waals surface area contributed by atoms with Crippen LogP contribution in [-0.2, 0) is 6.54 Å². The van der Waals surface area contributed by atoms with E-state index in [4.69, 9.17) is 0 Å². The number of anilines is 1. The molecule has 1 N–H and O–H groups in total. The summed E-state index contributed by atoms with van der Waals surface area (Å²) >= 11 is 3.41. The highest BCUT2D eigenvalue weighted by Gasteiger charge is 2.08. The molecule has 6 nitrogen and oxygen atoms in total. The number of hydrogen-bond acceptors (Lipinski definition) is 4. The highest BCUT2D eigenvalue weighted by atomic mass is 79.9. The van der Waals surface area contributed by atoms with Gasteiger partial charge in [-0.05, 0) is 35.0 Å². The summed E-state index contributed by atoms with van der Waals surface area (Å²) in [6.45, 7) is 2.90. The van der Waals surface area contributed by atoms with Gasteiger partial charge in [-0.2, -0.15) is 4.98 Å². The van der Waals surface area contributed by atoms with Gasteiger partial charge in [0.15, 0.2) is 5.65 Å². The van der Waals surface area contributed by atoms with Crippen LogP contribution in [0.5, 0.6) is 0 Å². The highest BCUT2D eigenvalue weighted by Crippen LogP contribution is 2.12. The van der Waals surface area contributed by atoms with E-state index in [0.717, 1.165) is 16.7 Å². The molecule has 1 unspecified atom stereocenters. The molecular weight excluding hydrogens is 308 g/mol. The third kappa shape index (κ3) is 2.76. The molecular formula is C12H13BrN6. The first kappa shape index (κ1) is 12.2. The maximum atomic E-state index is 4.42. The predicted molar refractivity (Wildman–Crippen MR) is 76.0 cm³/mol. The Morgan fingerprint density at radius 1 is 1.42 bits per heavy atom. The van der Waals surface area contributed by atoms with Crippen molar-refractivity contribution in [1.29, 1.82) is 0 Å². The molecule has 0 aromatic carbocycles. The molecule has 3 rings (SSSR count). The van der Waals surface area contributed by atoms with E-state index in [-0.39, 0.29) is 6.04 Å². The van der Waals surface area contributed by atoms with Crippen molar-refractivity contribution in [3.8, 4) is 0 Å². The minimum atomic E-state index is 0.218. The molecule has 0 aliphatic carbocycles. The lowest BCUT2D eigenvalue weighted by Crippen LogP contribution is -2.22. The van der Waals surface area contributed by atoms with Gasteiger partial charge in [0, 0.05) is 35.6 Å². The van der Waals surface area contributed by atoms with Crippen molar-refractivity contribution in [2.45, 2.75) is 19.5 Å². The Morgan fingerprint density at radius 2 is 2.32 bits per heavy atom. The molecule has 0 aliphatic heterocycles.